The second kappa shape index (κ2) is 6.75. The summed E-state index contributed by atoms with van der Waals surface area (Å²) in [5, 5.41) is 7.46. The van der Waals surface area contributed by atoms with Crippen molar-refractivity contribution in [1.82, 2.24) is 15.2 Å². The third kappa shape index (κ3) is 3.55. The van der Waals surface area contributed by atoms with Gasteiger partial charge in [0.15, 0.2) is 0 Å². The lowest BCUT2D eigenvalue weighted by Gasteiger charge is -2.36. The Balaban J connectivity index is 1.55. The number of H-pyrrole nitrogens is 1. The van der Waals surface area contributed by atoms with Gasteiger partial charge in [0.1, 0.15) is 5.82 Å². The van der Waals surface area contributed by atoms with Gasteiger partial charge in [-0.15, -0.1) is 5.10 Å². The summed E-state index contributed by atoms with van der Waals surface area (Å²) in [5.41, 5.74) is 6.15. The third-order valence-electron chi connectivity index (χ3n) is 4.80. The second-order valence-electron chi connectivity index (χ2n) is 6.35. The number of aromatic nitrogens is 3. The Kier molecular flexibility index (Phi) is 4.75. The maximum absolute atomic E-state index is 6.15. The zero-order chi connectivity index (χ0) is 14.7. The van der Waals surface area contributed by atoms with Crippen LogP contribution in [-0.2, 0) is 11.2 Å². The van der Waals surface area contributed by atoms with Gasteiger partial charge in [-0.25, -0.2) is 0 Å². The van der Waals surface area contributed by atoms with Crippen molar-refractivity contribution in [2.24, 2.45) is 5.73 Å². The van der Waals surface area contributed by atoms with Crippen LogP contribution in [0.3, 0.4) is 0 Å². The number of nitrogens with zero attached hydrogens (tertiary/aromatic N) is 3. The van der Waals surface area contributed by atoms with Crippen LogP contribution in [0.5, 0.6) is 0 Å². The molecule has 6 nitrogen and oxygen atoms in total. The summed E-state index contributed by atoms with van der Waals surface area (Å²) < 4.78 is 5.76. The van der Waals surface area contributed by atoms with Crippen molar-refractivity contribution in [1.29, 1.82) is 0 Å². The van der Waals surface area contributed by atoms with Gasteiger partial charge in [0.05, 0.1) is 6.10 Å². The molecule has 1 aromatic heterocycles. The van der Waals surface area contributed by atoms with E-state index in [1.165, 1.54) is 19.3 Å². The van der Waals surface area contributed by atoms with Gasteiger partial charge < -0.3 is 15.4 Å². The molecule has 0 spiro atoms. The van der Waals surface area contributed by atoms with E-state index in [4.69, 9.17) is 10.5 Å². The zero-order valence-electron chi connectivity index (χ0n) is 12.9. The summed E-state index contributed by atoms with van der Waals surface area (Å²) in [6.07, 6.45) is 8.22. The van der Waals surface area contributed by atoms with E-state index in [0.717, 1.165) is 50.6 Å². The van der Waals surface area contributed by atoms with E-state index in [2.05, 4.69) is 27.0 Å². The van der Waals surface area contributed by atoms with Gasteiger partial charge in [0.2, 0.25) is 5.95 Å². The summed E-state index contributed by atoms with van der Waals surface area (Å²) in [6.45, 7) is 4.07. The highest BCUT2D eigenvalue weighted by Gasteiger charge is 2.27. The maximum Gasteiger partial charge on any atom is 0.244 e. The molecule has 118 valence electrons. The molecule has 21 heavy (non-hydrogen) atoms. The molecular weight excluding hydrogens is 266 g/mol. The van der Waals surface area contributed by atoms with Crippen LogP contribution in [0.1, 0.15) is 51.3 Å². The first kappa shape index (κ1) is 14.8. The highest BCUT2D eigenvalue weighted by molar-refractivity contribution is 5.32. The van der Waals surface area contributed by atoms with Crippen molar-refractivity contribution in [2.75, 3.05) is 18.1 Å². The van der Waals surface area contributed by atoms with Crippen LogP contribution >= 0.6 is 0 Å². The predicted octanol–water partition coefficient (Wildman–Crippen LogP) is 1.62. The second-order valence-corrected chi connectivity index (χ2v) is 6.35. The zero-order valence-corrected chi connectivity index (χ0v) is 12.9. The van der Waals surface area contributed by atoms with E-state index in [9.17, 15) is 0 Å². The Labute approximate surface area is 126 Å². The molecular formula is C15H27N5O. The van der Waals surface area contributed by atoms with E-state index in [0.29, 0.717) is 12.1 Å². The fourth-order valence-corrected chi connectivity index (χ4v) is 3.31. The number of piperidine rings is 1. The summed E-state index contributed by atoms with van der Waals surface area (Å²) in [4.78, 5) is 6.88. The lowest BCUT2D eigenvalue weighted by molar-refractivity contribution is 0.0112. The number of hydrogen-bond donors (Lipinski definition) is 2. The molecule has 3 rings (SSSR count). The van der Waals surface area contributed by atoms with Crippen molar-refractivity contribution < 1.29 is 4.74 Å². The average Bonchev–Trinajstić information content (AvgIpc) is 2.98. The molecule has 3 atom stereocenters. The van der Waals surface area contributed by atoms with Crippen LogP contribution in [-0.4, -0.2) is 46.5 Å². The van der Waals surface area contributed by atoms with Crippen LogP contribution in [0, 0.1) is 0 Å². The monoisotopic (exact) mass is 293 g/mol. The van der Waals surface area contributed by atoms with Gasteiger partial charge in [-0.1, -0.05) is 0 Å². The van der Waals surface area contributed by atoms with Crippen LogP contribution in [0.4, 0.5) is 5.95 Å². The Morgan fingerprint density at radius 3 is 3.05 bits per heavy atom. The van der Waals surface area contributed by atoms with E-state index >= 15 is 0 Å². The van der Waals surface area contributed by atoms with Crippen molar-refractivity contribution in [3.8, 4) is 0 Å². The molecule has 6 heteroatoms. The Morgan fingerprint density at radius 2 is 2.24 bits per heavy atom. The van der Waals surface area contributed by atoms with Crippen LogP contribution in [0.25, 0.3) is 0 Å². The van der Waals surface area contributed by atoms with Gasteiger partial charge >= 0.3 is 0 Å². The molecule has 0 aliphatic carbocycles. The minimum atomic E-state index is 0.219. The van der Waals surface area contributed by atoms with Crippen LogP contribution < -0.4 is 10.6 Å². The van der Waals surface area contributed by atoms with E-state index in [1.807, 2.05) is 0 Å². The molecule has 3 N–H and O–H groups in total. The fraction of sp³-hybridized carbons (Fsp3) is 0.867. The molecule has 0 aromatic carbocycles. The van der Waals surface area contributed by atoms with Crippen molar-refractivity contribution in [3.05, 3.63) is 5.82 Å². The summed E-state index contributed by atoms with van der Waals surface area (Å²) in [6, 6.07) is 0.528. The normalized spacial score (nSPS) is 30.6. The number of rotatable bonds is 4. The molecule has 0 amide bonds. The smallest absolute Gasteiger partial charge is 0.244 e. The van der Waals surface area contributed by atoms with Crippen molar-refractivity contribution >= 4 is 5.95 Å². The molecule has 0 radical (unpaired) electrons. The molecule has 1 aromatic rings. The first-order valence-electron chi connectivity index (χ1n) is 8.29. The van der Waals surface area contributed by atoms with Crippen molar-refractivity contribution in [3.63, 3.8) is 0 Å². The summed E-state index contributed by atoms with van der Waals surface area (Å²) in [5.74, 6) is 1.77. The van der Waals surface area contributed by atoms with Crippen molar-refractivity contribution in [2.45, 2.75) is 70.1 Å². The van der Waals surface area contributed by atoms with E-state index < -0.39 is 0 Å². The van der Waals surface area contributed by atoms with Crippen LogP contribution in [0.15, 0.2) is 0 Å². The first-order valence-corrected chi connectivity index (χ1v) is 8.29. The maximum atomic E-state index is 6.15. The van der Waals surface area contributed by atoms with E-state index in [1.54, 1.807) is 0 Å². The minimum absolute atomic E-state index is 0.219. The number of ether oxygens (including phenoxy) is 1. The van der Waals surface area contributed by atoms with E-state index in [-0.39, 0.29) is 6.04 Å². The number of nitrogens with two attached hydrogens (primary N) is 1. The number of nitrogens with one attached hydrogen (secondary N) is 1. The van der Waals surface area contributed by atoms with Gasteiger partial charge in [0, 0.05) is 31.7 Å². The molecule has 0 bridgehead atoms. The molecule has 2 aliphatic heterocycles. The number of aryl methyl sites for hydroxylation is 1. The number of aromatic amines is 1. The Morgan fingerprint density at radius 1 is 1.33 bits per heavy atom. The molecule has 3 heterocycles. The largest absolute Gasteiger partial charge is 0.378 e. The van der Waals surface area contributed by atoms with Gasteiger partial charge in [-0.2, -0.15) is 4.98 Å². The molecule has 2 fully saturated rings. The van der Waals surface area contributed by atoms with Gasteiger partial charge in [0.25, 0.3) is 0 Å². The highest BCUT2D eigenvalue weighted by Crippen LogP contribution is 2.22. The highest BCUT2D eigenvalue weighted by atomic mass is 16.5. The third-order valence-corrected chi connectivity index (χ3v) is 4.80. The quantitative estimate of drug-likeness (QED) is 0.882. The fourth-order valence-electron chi connectivity index (χ4n) is 3.31. The average molecular weight is 293 g/mol. The number of hydrogen-bond acceptors (Lipinski definition) is 5. The molecule has 2 saturated heterocycles. The van der Waals surface area contributed by atoms with Gasteiger partial charge in [-0.3, -0.25) is 5.10 Å². The SMILES string of the molecule is CC1C(N)CCCN1c1n[nH]c(CCC2CCCCO2)n1. The lowest BCUT2D eigenvalue weighted by Crippen LogP contribution is -2.51. The first-order chi connectivity index (χ1) is 10.2. The standard InChI is InChI=1S/C15H27N5O/c1-11-13(16)6-4-9-20(11)15-17-14(18-19-15)8-7-12-5-2-3-10-21-12/h11-13H,2-10,16H2,1H3,(H,17,18,19). The Hall–Kier alpha value is -1.14. The topological polar surface area (TPSA) is 80.1 Å². The molecule has 3 unspecified atom stereocenters. The number of anilines is 1. The van der Waals surface area contributed by atoms with Crippen LogP contribution in [0.2, 0.25) is 0 Å². The predicted molar refractivity (Wildman–Crippen MR) is 82.3 cm³/mol. The summed E-state index contributed by atoms with van der Waals surface area (Å²) in [7, 11) is 0. The molecule has 0 saturated carbocycles. The Bertz CT molecular complexity index is 443. The lowest BCUT2D eigenvalue weighted by atomic mass is 9.99. The van der Waals surface area contributed by atoms with Gasteiger partial charge in [-0.05, 0) is 45.4 Å². The minimum Gasteiger partial charge on any atom is -0.378 e. The molecule has 2 aliphatic rings. The summed E-state index contributed by atoms with van der Waals surface area (Å²) >= 11 is 0.